The molecule has 1 aromatic heterocycles. The van der Waals surface area contributed by atoms with E-state index in [1.54, 1.807) is 0 Å². The summed E-state index contributed by atoms with van der Waals surface area (Å²) in [6.45, 7) is 4.11. The van der Waals surface area contributed by atoms with Crippen LogP contribution in [-0.2, 0) is 6.42 Å². The molecule has 2 heteroatoms. The Morgan fingerprint density at radius 1 is 1.50 bits per heavy atom. The number of nitrogens with zero attached hydrogens (tertiary/aromatic N) is 1. The van der Waals surface area contributed by atoms with Crippen molar-refractivity contribution < 1.29 is 0 Å². The molecule has 0 fully saturated rings. The summed E-state index contributed by atoms with van der Waals surface area (Å²) in [6.07, 6.45) is 5.44. The van der Waals surface area contributed by atoms with E-state index in [0.29, 0.717) is 0 Å². The first-order valence-corrected chi connectivity index (χ1v) is 4.45. The Kier molecular flexibility index (Phi) is 3.09. The second kappa shape index (κ2) is 4.10. The molecular weight excluding hydrogens is 148 g/mol. The van der Waals surface area contributed by atoms with Crippen LogP contribution in [0.15, 0.2) is 12.3 Å². The molecule has 0 spiro atoms. The maximum atomic E-state index is 5.73. The van der Waals surface area contributed by atoms with Crippen molar-refractivity contribution >= 4 is 5.69 Å². The topological polar surface area (TPSA) is 38.9 Å². The molecule has 0 bridgehead atoms. The van der Waals surface area contributed by atoms with Crippen LogP contribution in [0.1, 0.15) is 31.0 Å². The highest BCUT2D eigenvalue weighted by Crippen LogP contribution is 2.11. The molecule has 1 heterocycles. The molecule has 0 saturated carbocycles. The largest absolute Gasteiger partial charge is 0.397 e. The summed E-state index contributed by atoms with van der Waals surface area (Å²) in [5, 5.41) is 0. The van der Waals surface area contributed by atoms with Crippen LogP contribution >= 0.6 is 0 Å². The number of aromatic nitrogens is 1. The summed E-state index contributed by atoms with van der Waals surface area (Å²) >= 11 is 0. The Morgan fingerprint density at radius 3 is 2.83 bits per heavy atom. The van der Waals surface area contributed by atoms with E-state index in [-0.39, 0.29) is 0 Å². The maximum Gasteiger partial charge on any atom is 0.0601 e. The molecule has 2 N–H and O–H groups in total. The van der Waals surface area contributed by atoms with Crippen LogP contribution in [0.2, 0.25) is 0 Å². The lowest BCUT2D eigenvalue weighted by Gasteiger charge is -2.02. The fraction of sp³-hybridized carbons (Fsp3) is 0.500. The molecule has 0 aromatic carbocycles. The first-order chi connectivity index (χ1) is 5.74. The number of aryl methyl sites for hydroxylation is 2. The van der Waals surface area contributed by atoms with Crippen LogP contribution in [0.5, 0.6) is 0 Å². The van der Waals surface area contributed by atoms with Crippen LogP contribution < -0.4 is 5.73 Å². The molecule has 0 saturated heterocycles. The summed E-state index contributed by atoms with van der Waals surface area (Å²) in [6, 6.07) is 2.03. The highest BCUT2D eigenvalue weighted by molar-refractivity contribution is 5.43. The minimum absolute atomic E-state index is 0.809. The minimum atomic E-state index is 0.809. The highest BCUT2D eigenvalue weighted by Gasteiger charge is 1.96. The number of nitrogens with two attached hydrogens (primary N) is 1. The van der Waals surface area contributed by atoms with E-state index >= 15 is 0 Å². The van der Waals surface area contributed by atoms with Gasteiger partial charge in [0.15, 0.2) is 0 Å². The summed E-state index contributed by atoms with van der Waals surface area (Å²) in [5.74, 6) is 0. The Labute approximate surface area is 73.8 Å². The van der Waals surface area contributed by atoms with Gasteiger partial charge in [-0.3, -0.25) is 4.98 Å². The molecule has 0 atom stereocenters. The third kappa shape index (κ3) is 2.22. The third-order valence-electron chi connectivity index (χ3n) is 2.00. The monoisotopic (exact) mass is 164 g/mol. The van der Waals surface area contributed by atoms with Crippen LogP contribution in [-0.4, -0.2) is 4.98 Å². The molecule has 2 nitrogen and oxygen atoms in total. The number of anilines is 1. The predicted octanol–water partition coefficient (Wildman–Crippen LogP) is 2.31. The fourth-order valence-electron chi connectivity index (χ4n) is 1.11. The normalized spacial score (nSPS) is 10.2. The third-order valence-corrected chi connectivity index (χ3v) is 2.00. The lowest BCUT2D eigenvalue weighted by Crippen LogP contribution is -1.95. The molecule has 0 aliphatic heterocycles. The number of hydrogen-bond donors (Lipinski definition) is 1. The van der Waals surface area contributed by atoms with E-state index < -0.39 is 0 Å². The standard InChI is InChI=1S/C10H16N2/c1-3-4-5-9-6-10(11)8(2)12-7-9/h6-7H,3-5,11H2,1-2H3. The Morgan fingerprint density at radius 2 is 2.25 bits per heavy atom. The quantitative estimate of drug-likeness (QED) is 0.744. The van der Waals surface area contributed by atoms with Gasteiger partial charge in [-0.2, -0.15) is 0 Å². The minimum Gasteiger partial charge on any atom is -0.397 e. The zero-order chi connectivity index (χ0) is 8.97. The van der Waals surface area contributed by atoms with Gasteiger partial charge in [-0.05, 0) is 31.4 Å². The average Bonchev–Trinajstić information content (AvgIpc) is 2.07. The van der Waals surface area contributed by atoms with E-state index in [1.807, 2.05) is 19.2 Å². The van der Waals surface area contributed by atoms with Crippen molar-refractivity contribution in [3.63, 3.8) is 0 Å². The molecule has 0 radical (unpaired) electrons. The van der Waals surface area contributed by atoms with Gasteiger partial charge in [-0.15, -0.1) is 0 Å². The van der Waals surface area contributed by atoms with Gasteiger partial charge < -0.3 is 5.73 Å². The fourth-order valence-corrected chi connectivity index (χ4v) is 1.11. The smallest absolute Gasteiger partial charge is 0.0601 e. The molecule has 12 heavy (non-hydrogen) atoms. The lowest BCUT2D eigenvalue weighted by molar-refractivity contribution is 0.792. The van der Waals surface area contributed by atoms with E-state index in [1.165, 1.54) is 18.4 Å². The maximum absolute atomic E-state index is 5.73. The van der Waals surface area contributed by atoms with Crippen molar-refractivity contribution in [1.29, 1.82) is 0 Å². The van der Waals surface area contributed by atoms with Gasteiger partial charge in [0.25, 0.3) is 0 Å². The average molecular weight is 164 g/mol. The predicted molar refractivity (Wildman–Crippen MR) is 52.0 cm³/mol. The molecule has 0 aliphatic carbocycles. The molecule has 0 amide bonds. The van der Waals surface area contributed by atoms with Gasteiger partial charge in [0.05, 0.1) is 11.4 Å². The van der Waals surface area contributed by atoms with Crippen LogP contribution in [0, 0.1) is 6.92 Å². The summed E-state index contributed by atoms with van der Waals surface area (Å²) in [7, 11) is 0. The first-order valence-electron chi connectivity index (χ1n) is 4.45. The van der Waals surface area contributed by atoms with E-state index in [9.17, 15) is 0 Å². The van der Waals surface area contributed by atoms with E-state index in [2.05, 4.69) is 11.9 Å². The van der Waals surface area contributed by atoms with E-state index in [4.69, 9.17) is 5.73 Å². The molecule has 1 aromatic rings. The summed E-state index contributed by atoms with van der Waals surface area (Å²) < 4.78 is 0. The first kappa shape index (κ1) is 9.04. The van der Waals surface area contributed by atoms with Gasteiger partial charge in [0.2, 0.25) is 0 Å². The van der Waals surface area contributed by atoms with Crippen LogP contribution in [0.3, 0.4) is 0 Å². The van der Waals surface area contributed by atoms with Crippen molar-refractivity contribution in [2.75, 3.05) is 5.73 Å². The molecular formula is C10H16N2. The number of nitrogen functional groups attached to an aromatic ring is 1. The lowest BCUT2D eigenvalue weighted by atomic mass is 10.1. The second-order valence-corrected chi connectivity index (χ2v) is 3.12. The van der Waals surface area contributed by atoms with Gasteiger partial charge in [-0.25, -0.2) is 0 Å². The number of hydrogen-bond acceptors (Lipinski definition) is 2. The highest BCUT2D eigenvalue weighted by atomic mass is 14.7. The van der Waals surface area contributed by atoms with Crippen LogP contribution in [0.25, 0.3) is 0 Å². The number of unbranched alkanes of at least 4 members (excludes halogenated alkanes) is 1. The summed E-state index contributed by atoms with van der Waals surface area (Å²) in [4.78, 5) is 4.21. The van der Waals surface area contributed by atoms with Gasteiger partial charge >= 0.3 is 0 Å². The Balaban J connectivity index is 2.69. The van der Waals surface area contributed by atoms with Crippen molar-refractivity contribution in [2.24, 2.45) is 0 Å². The molecule has 1 rings (SSSR count). The summed E-state index contributed by atoms with van der Waals surface area (Å²) in [5.41, 5.74) is 8.71. The molecule has 0 unspecified atom stereocenters. The van der Waals surface area contributed by atoms with Gasteiger partial charge in [0.1, 0.15) is 0 Å². The van der Waals surface area contributed by atoms with Gasteiger partial charge in [-0.1, -0.05) is 13.3 Å². The number of pyridine rings is 1. The second-order valence-electron chi connectivity index (χ2n) is 3.12. The Hall–Kier alpha value is -1.05. The SMILES string of the molecule is CCCCc1cnc(C)c(N)c1. The van der Waals surface area contributed by atoms with Crippen molar-refractivity contribution in [3.05, 3.63) is 23.5 Å². The zero-order valence-corrected chi connectivity index (χ0v) is 7.80. The van der Waals surface area contributed by atoms with Gasteiger partial charge in [0, 0.05) is 6.20 Å². The zero-order valence-electron chi connectivity index (χ0n) is 7.80. The van der Waals surface area contributed by atoms with E-state index in [0.717, 1.165) is 17.8 Å². The van der Waals surface area contributed by atoms with Crippen molar-refractivity contribution in [3.8, 4) is 0 Å². The van der Waals surface area contributed by atoms with Crippen molar-refractivity contribution in [2.45, 2.75) is 33.1 Å². The molecule has 0 aliphatic rings. The Bertz CT molecular complexity index is 256. The number of rotatable bonds is 3. The van der Waals surface area contributed by atoms with Crippen molar-refractivity contribution in [1.82, 2.24) is 4.98 Å². The molecule has 66 valence electrons. The van der Waals surface area contributed by atoms with Crippen LogP contribution in [0.4, 0.5) is 5.69 Å².